The van der Waals surface area contributed by atoms with Gasteiger partial charge in [0.15, 0.2) is 0 Å². The molecule has 2 aromatic carbocycles. The van der Waals surface area contributed by atoms with Gasteiger partial charge in [0.05, 0.1) is 26.2 Å². The Morgan fingerprint density at radius 1 is 1.12 bits per heavy atom. The molecular weight excluding hydrogens is 348 g/mol. The molecule has 1 aliphatic rings. The zero-order valence-electron chi connectivity index (χ0n) is 15.5. The molecule has 0 spiro atoms. The molecule has 1 heterocycles. The highest BCUT2D eigenvalue weighted by Gasteiger charge is 2.23. The van der Waals surface area contributed by atoms with Crippen molar-refractivity contribution in [2.45, 2.75) is 20.0 Å². The highest BCUT2D eigenvalue weighted by atomic mass is 35.5. The van der Waals surface area contributed by atoms with Crippen LogP contribution in [-0.2, 0) is 0 Å². The minimum absolute atomic E-state index is 0.338. The van der Waals surface area contributed by atoms with Crippen LogP contribution in [0, 0.1) is 13.8 Å². The van der Waals surface area contributed by atoms with Crippen LogP contribution in [0.4, 0.5) is 5.69 Å². The Morgan fingerprint density at radius 3 is 2.46 bits per heavy atom. The van der Waals surface area contributed by atoms with Crippen LogP contribution in [0.3, 0.4) is 0 Å². The standard InChI is InChI=1S/C21H27ClN2O2/c1-16-10-17(2)12-21(11-16)26-15-20(25)14-23-6-8-24(9-7-23)19-5-3-4-18(22)13-19/h3-5,10-13,20,25H,6-9,14-15H2,1-2H3/p+1/t20-/m1/s1. The maximum atomic E-state index is 10.3. The number of hydrogen-bond acceptors (Lipinski definition) is 3. The van der Waals surface area contributed by atoms with Crippen LogP contribution in [0.15, 0.2) is 42.5 Å². The van der Waals surface area contributed by atoms with E-state index in [1.807, 2.05) is 30.3 Å². The van der Waals surface area contributed by atoms with Crippen LogP contribution in [0.1, 0.15) is 11.1 Å². The topological polar surface area (TPSA) is 37.1 Å². The number of aliphatic hydroxyl groups excluding tert-OH is 1. The molecule has 1 fully saturated rings. The Hall–Kier alpha value is -1.75. The molecule has 0 radical (unpaired) electrons. The number of ether oxygens (including phenoxy) is 1. The SMILES string of the molecule is Cc1cc(C)cc(OC[C@H](O)C[NH+]2CCN(c3cccc(Cl)c3)CC2)c1. The average molecular weight is 376 g/mol. The molecule has 3 rings (SSSR count). The van der Waals surface area contributed by atoms with Crippen molar-refractivity contribution in [1.29, 1.82) is 0 Å². The van der Waals surface area contributed by atoms with Crippen molar-refractivity contribution in [2.75, 3.05) is 44.2 Å². The second kappa shape index (κ2) is 8.76. The first-order chi connectivity index (χ1) is 12.5. The van der Waals surface area contributed by atoms with Gasteiger partial charge in [0.1, 0.15) is 25.0 Å². The number of aryl methyl sites for hydroxylation is 2. The normalized spacial score (nSPS) is 16.5. The van der Waals surface area contributed by atoms with Gasteiger partial charge in [0.2, 0.25) is 0 Å². The van der Waals surface area contributed by atoms with Crippen molar-refractivity contribution in [3.05, 3.63) is 58.6 Å². The number of piperazine rings is 1. The van der Waals surface area contributed by atoms with Crippen molar-refractivity contribution in [3.63, 3.8) is 0 Å². The first-order valence-corrected chi connectivity index (χ1v) is 9.60. The molecule has 0 aromatic heterocycles. The lowest BCUT2D eigenvalue weighted by atomic mass is 10.1. The van der Waals surface area contributed by atoms with E-state index in [0.29, 0.717) is 13.2 Å². The molecular formula is C21H28ClN2O2+. The zero-order valence-corrected chi connectivity index (χ0v) is 16.3. The van der Waals surface area contributed by atoms with Crippen molar-refractivity contribution >= 4 is 17.3 Å². The number of hydrogen-bond donors (Lipinski definition) is 2. The average Bonchev–Trinajstić information content (AvgIpc) is 2.60. The van der Waals surface area contributed by atoms with E-state index in [0.717, 1.165) is 37.0 Å². The number of benzene rings is 2. The smallest absolute Gasteiger partial charge is 0.137 e. The number of aliphatic hydroxyl groups is 1. The third kappa shape index (κ3) is 5.37. The van der Waals surface area contributed by atoms with Crippen molar-refractivity contribution in [1.82, 2.24) is 0 Å². The molecule has 140 valence electrons. The highest BCUT2D eigenvalue weighted by molar-refractivity contribution is 6.30. The third-order valence-corrected chi connectivity index (χ3v) is 5.04. The van der Waals surface area contributed by atoms with Crippen LogP contribution in [0.5, 0.6) is 5.75 Å². The van der Waals surface area contributed by atoms with E-state index in [2.05, 4.69) is 30.9 Å². The van der Waals surface area contributed by atoms with Crippen molar-refractivity contribution in [3.8, 4) is 5.75 Å². The molecule has 0 unspecified atom stereocenters. The monoisotopic (exact) mass is 375 g/mol. The molecule has 4 nitrogen and oxygen atoms in total. The Morgan fingerprint density at radius 2 is 1.81 bits per heavy atom. The molecule has 0 bridgehead atoms. The van der Waals surface area contributed by atoms with Gasteiger partial charge in [-0.2, -0.15) is 0 Å². The van der Waals surface area contributed by atoms with Gasteiger partial charge >= 0.3 is 0 Å². The Labute approximate surface area is 160 Å². The second-order valence-corrected chi connectivity index (χ2v) is 7.65. The van der Waals surface area contributed by atoms with Crippen LogP contribution in [0.25, 0.3) is 0 Å². The minimum atomic E-state index is -0.455. The summed E-state index contributed by atoms with van der Waals surface area (Å²) in [4.78, 5) is 3.77. The van der Waals surface area contributed by atoms with E-state index in [1.165, 1.54) is 21.7 Å². The molecule has 26 heavy (non-hydrogen) atoms. The van der Waals surface area contributed by atoms with E-state index >= 15 is 0 Å². The van der Waals surface area contributed by atoms with Gasteiger partial charge < -0.3 is 19.6 Å². The fourth-order valence-electron chi connectivity index (χ4n) is 3.56. The van der Waals surface area contributed by atoms with Gasteiger partial charge in [-0.15, -0.1) is 0 Å². The van der Waals surface area contributed by atoms with Crippen molar-refractivity contribution in [2.24, 2.45) is 0 Å². The first-order valence-electron chi connectivity index (χ1n) is 9.23. The second-order valence-electron chi connectivity index (χ2n) is 7.21. The van der Waals surface area contributed by atoms with E-state index < -0.39 is 6.10 Å². The lowest BCUT2D eigenvalue weighted by Gasteiger charge is -2.34. The summed E-state index contributed by atoms with van der Waals surface area (Å²) in [6.45, 7) is 9.12. The predicted octanol–water partition coefficient (Wildman–Crippen LogP) is 2.10. The lowest BCUT2D eigenvalue weighted by Crippen LogP contribution is -3.16. The highest BCUT2D eigenvalue weighted by Crippen LogP contribution is 2.19. The van der Waals surface area contributed by atoms with E-state index in [-0.39, 0.29) is 0 Å². The molecule has 0 saturated carbocycles. The van der Waals surface area contributed by atoms with Crippen LogP contribution in [-0.4, -0.2) is 50.5 Å². The summed E-state index contributed by atoms with van der Waals surface area (Å²) in [6.07, 6.45) is -0.455. The van der Waals surface area contributed by atoms with Gasteiger partial charge in [-0.1, -0.05) is 23.7 Å². The molecule has 2 N–H and O–H groups in total. The zero-order chi connectivity index (χ0) is 18.5. The number of nitrogens with zero attached hydrogens (tertiary/aromatic N) is 1. The number of halogens is 1. The Bertz CT molecular complexity index is 709. The van der Waals surface area contributed by atoms with Crippen LogP contribution >= 0.6 is 11.6 Å². The summed E-state index contributed by atoms with van der Waals surface area (Å²) >= 11 is 6.09. The number of rotatable bonds is 6. The van der Waals surface area contributed by atoms with Gasteiger partial charge in [-0.05, 0) is 55.3 Å². The lowest BCUT2D eigenvalue weighted by molar-refractivity contribution is -0.903. The van der Waals surface area contributed by atoms with E-state index in [9.17, 15) is 5.11 Å². The van der Waals surface area contributed by atoms with E-state index in [1.54, 1.807) is 0 Å². The summed E-state index contributed by atoms with van der Waals surface area (Å²) in [5, 5.41) is 11.1. The Kier molecular flexibility index (Phi) is 6.41. The van der Waals surface area contributed by atoms with Crippen molar-refractivity contribution < 1.29 is 14.7 Å². The number of quaternary nitrogens is 1. The molecule has 0 aliphatic carbocycles. The number of nitrogens with one attached hydrogen (secondary N) is 1. The molecule has 1 atom stereocenters. The minimum Gasteiger partial charge on any atom is -0.491 e. The predicted molar refractivity (Wildman–Crippen MR) is 107 cm³/mol. The summed E-state index contributed by atoms with van der Waals surface area (Å²) in [7, 11) is 0. The van der Waals surface area contributed by atoms with Crippen LogP contribution in [0.2, 0.25) is 5.02 Å². The summed E-state index contributed by atoms with van der Waals surface area (Å²) in [5.74, 6) is 0.835. The molecule has 1 aliphatic heterocycles. The molecule has 0 amide bonds. The molecule has 5 heteroatoms. The van der Waals surface area contributed by atoms with Crippen LogP contribution < -0.4 is 14.5 Å². The molecule has 2 aromatic rings. The summed E-state index contributed by atoms with van der Waals surface area (Å²) in [5.41, 5.74) is 3.53. The quantitative estimate of drug-likeness (QED) is 0.812. The van der Waals surface area contributed by atoms with Gasteiger partial charge in [0.25, 0.3) is 0 Å². The number of anilines is 1. The van der Waals surface area contributed by atoms with E-state index in [4.69, 9.17) is 16.3 Å². The van der Waals surface area contributed by atoms with Gasteiger partial charge in [0, 0.05) is 10.7 Å². The fourth-order valence-corrected chi connectivity index (χ4v) is 3.74. The Balaban J connectivity index is 1.44. The fraction of sp³-hybridized carbons (Fsp3) is 0.429. The maximum absolute atomic E-state index is 10.3. The third-order valence-electron chi connectivity index (χ3n) is 4.81. The summed E-state index contributed by atoms with van der Waals surface area (Å²) < 4.78 is 5.79. The van der Waals surface area contributed by atoms with Gasteiger partial charge in [-0.25, -0.2) is 0 Å². The maximum Gasteiger partial charge on any atom is 0.137 e. The first kappa shape index (κ1) is 19.0. The summed E-state index contributed by atoms with van der Waals surface area (Å²) in [6, 6.07) is 14.1. The molecule has 1 saturated heterocycles. The largest absolute Gasteiger partial charge is 0.491 e. The van der Waals surface area contributed by atoms with Gasteiger partial charge in [-0.3, -0.25) is 0 Å².